The zero-order chi connectivity index (χ0) is 43.0. The first-order chi connectivity index (χ1) is 29.0. The van der Waals surface area contributed by atoms with Crippen LogP contribution in [0.2, 0.25) is 0 Å². The summed E-state index contributed by atoms with van der Waals surface area (Å²) in [6, 6.07) is 0. The number of esters is 3. The molecule has 0 aromatic rings. The van der Waals surface area contributed by atoms with Crippen LogP contribution in [0.4, 0.5) is 0 Å². The van der Waals surface area contributed by atoms with Crippen molar-refractivity contribution >= 4 is 17.9 Å². The number of ether oxygens (including phenoxy) is 3. The normalized spacial score (nSPS) is 11.8. The average molecular weight is 835 g/mol. The van der Waals surface area contributed by atoms with Gasteiger partial charge in [0.1, 0.15) is 13.2 Å². The lowest BCUT2D eigenvalue weighted by molar-refractivity contribution is -0.167. The summed E-state index contributed by atoms with van der Waals surface area (Å²) < 4.78 is 16.8. The third kappa shape index (κ3) is 47.3. The summed E-state index contributed by atoms with van der Waals surface area (Å²) in [5, 5.41) is 0. The van der Waals surface area contributed by atoms with Crippen molar-refractivity contribution in [1.29, 1.82) is 0 Å². The van der Waals surface area contributed by atoms with Gasteiger partial charge in [0, 0.05) is 19.3 Å². The smallest absolute Gasteiger partial charge is 0.306 e. The molecule has 6 heteroatoms. The molecule has 0 saturated heterocycles. The number of rotatable bonds is 49. The monoisotopic (exact) mass is 835 g/mol. The van der Waals surface area contributed by atoms with Crippen molar-refractivity contribution in [2.45, 2.75) is 309 Å². The van der Waals surface area contributed by atoms with E-state index in [2.05, 4.69) is 20.8 Å². The highest BCUT2D eigenvalue weighted by Gasteiger charge is 2.19. The summed E-state index contributed by atoms with van der Waals surface area (Å²) in [6.07, 6.45) is 52.4. The molecule has 0 rings (SSSR count). The molecule has 0 spiro atoms. The number of carbonyl (C=O) groups excluding carboxylic acids is 3. The Labute approximate surface area is 368 Å². The molecule has 0 aliphatic heterocycles. The van der Waals surface area contributed by atoms with Gasteiger partial charge in [-0.15, -0.1) is 0 Å². The summed E-state index contributed by atoms with van der Waals surface area (Å²) in [6.45, 7) is 6.66. The largest absolute Gasteiger partial charge is 0.462 e. The Bertz CT molecular complexity index is 874. The Kier molecular flexibility index (Phi) is 47.7. The third-order valence-electron chi connectivity index (χ3n) is 12.1. The molecule has 0 aromatic heterocycles. The van der Waals surface area contributed by atoms with Gasteiger partial charge in [-0.2, -0.15) is 0 Å². The topological polar surface area (TPSA) is 78.9 Å². The van der Waals surface area contributed by atoms with Crippen molar-refractivity contribution in [3.8, 4) is 0 Å². The van der Waals surface area contributed by atoms with E-state index in [0.717, 1.165) is 57.8 Å². The highest BCUT2D eigenvalue weighted by molar-refractivity contribution is 5.71. The lowest BCUT2D eigenvalue weighted by Crippen LogP contribution is -2.30. The quantitative estimate of drug-likeness (QED) is 0.0345. The Balaban J connectivity index is 4.14. The van der Waals surface area contributed by atoms with Crippen molar-refractivity contribution in [2.24, 2.45) is 0 Å². The molecule has 0 aromatic carbocycles. The lowest BCUT2D eigenvalue weighted by atomic mass is 10.0. The van der Waals surface area contributed by atoms with Crippen LogP contribution in [-0.2, 0) is 28.6 Å². The van der Waals surface area contributed by atoms with Crippen LogP contribution in [0.5, 0.6) is 0 Å². The summed E-state index contributed by atoms with van der Waals surface area (Å²) in [5.41, 5.74) is 0. The fourth-order valence-corrected chi connectivity index (χ4v) is 8.09. The molecule has 0 fully saturated rings. The maximum absolute atomic E-state index is 12.7. The van der Waals surface area contributed by atoms with Gasteiger partial charge in [-0.05, 0) is 19.3 Å². The van der Waals surface area contributed by atoms with Crippen molar-refractivity contribution in [3.05, 3.63) is 0 Å². The highest BCUT2D eigenvalue weighted by atomic mass is 16.6. The van der Waals surface area contributed by atoms with Crippen LogP contribution in [-0.4, -0.2) is 37.2 Å². The number of unbranched alkanes of at least 4 members (excludes halogenated alkanes) is 38. The zero-order valence-corrected chi connectivity index (χ0v) is 40.1. The van der Waals surface area contributed by atoms with Crippen LogP contribution in [0.25, 0.3) is 0 Å². The van der Waals surface area contributed by atoms with Gasteiger partial charge in [-0.25, -0.2) is 0 Å². The minimum absolute atomic E-state index is 0.0621. The molecule has 0 amide bonds. The molecule has 350 valence electrons. The molecular formula is C53H102O6. The maximum Gasteiger partial charge on any atom is 0.306 e. The molecule has 1 unspecified atom stereocenters. The first-order valence-corrected chi connectivity index (χ1v) is 26.5. The van der Waals surface area contributed by atoms with Crippen molar-refractivity contribution in [2.75, 3.05) is 13.2 Å². The Morgan fingerprint density at radius 1 is 0.271 bits per heavy atom. The van der Waals surface area contributed by atoms with E-state index < -0.39 is 6.10 Å². The summed E-state index contributed by atoms with van der Waals surface area (Å²) in [7, 11) is 0. The lowest BCUT2D eigenvalue weighted by Gasteiger charge is -2.18. The minimum Gasteiger partial charge on any atom is -0.462 e. The van der Waals surface area contributed by atoms with E-state index in [0.29, 0.717) is 19.3 Å². The van der Waals surface area contributed by atoms with Crippen LogP contribution in [0, 0.1) is 0 Å². The van der Waals surface area contributed by atoms with Gasteiger partial charge in [0.15, 0.2) is 6.10 Å². The van der Waals surface area contributed by atoms with E-state index in [1.165, 1.54) is 205 Å². The first-order valence-electron chi connectivity index (χ1n) is 26.5. The Morgan fingerprint density at radius 2 is 0.458 bits per heavy atom. The highest BCUT2D eigenvalue weighted by Crippen LogP contribution is 2.17. The average Bonchev–Trinajstić information content (AvgIpc) is 3.23. The van der Waals surface area contributed by atoms with E-state index in [-0.39, 0.29) is 31.1 Å². The van der Waals surface area contributed by atoms with Gasteiger partial charge < -0.3 is 14.2 Å². The van der Waals surface area contributed by atoms with E-state index in [1.807, 2.05) is 0 Å². The van der Waals surface area contributed by atoms with Gasteiger partial charge in [0.25, 0.3) is 0 Å². The molecule has 0 bridgehead atoms. The first kappa shape index (κ1) is 57.4. The molecule has 0 N–H and O–H groups in total. The van der Waals surface area contributed by atoms with Gasteiger partial charge in [-0.3, -0.25) is 14.4 Å². The summed E-state index contributed by atoms with van der Waals surface area (Å²) in [5.74, 6) is -0.846. The van der Waals surface area contributed by atoms with Gasteiger partial charge in [0.2, 0.25) is 0 Å². The molecule has 0 heterocycles. The van der Waals surface area contributed by atoms with Crippen molar-refractivity contribution in [3.63, 3.8) is 0 Å². The van der Waals surface area contributed by atoms with Crippen LogP contribution < -0.4 is 0 Å². The molecule has 59 heavy (non-hydrogen) atoms. The number of hydrogen-bond acceptors (Lipinski definition) is 6. The van der Waals surface area contributed by atoms with Gasteiger partial charge in [0.05, 0.1) is 0 Å². The molecule has 0 aliphatic carbocycles. The fraction of sp³-hybridized carbons (Fsp3) is 0.943. The van der Waals surface area contributed by atoms with E-state index in [9.17, 15) is 14.4 Å². The van der Waals surface area contributed by atoms with Crippen LogP contribution >= 0.6 is 0 Å². The van der Waals surface area contributed by atoms with Crippen LogP contribution in [0.15, 0.2) is 0 Å². The molecule has 0 aliphatic rings. The molecular weight excluding hydrogens is 733 g/mol. The molecule has 0 radical (unpaired) electrons. The molecule has 1 atom stereocenters. The third-order valence-corrected chi connectivity index (χ3v) is 12.1. The second kappa shape index (κ2) is 49.1. The fourth-order valence-electron chi connectivity index (χ4n) is 8.09. The van der Waals surface area contributed by atoms with Crippen molar-refractivity contribution in [1.82, 2.24) is 0 Å². The van der Waals surface area contributed by atoms with E-state index in [4.69, 9.17) is 14.2 Å². The predicted molar refractivity (Wildman–Crippen MR) is 252 cm³/mol. The molecule has 6 nitrogen and oxygen atoms in total. The van der Waals surface area contributed by atoms with E-state index in [1.54, 1.807) is 0 Å². The number of hydrogen-bond donors (Lipinski definition) is 0. The SMILES string of the molecule is CCCCCCCCCCCCCCCCCCCCCCCC(=O)OCC(COC(=O)CCCCCCCCCCC)OC(=O)CCCCCCCCCCCCC. The maximum atomic E-state index is 12.7. The van der Waals surface area contributed by atoms with Crippen molar-refractivity contribution < 1.29 is 28.6 Å². The van der Waals surface area contributed by atoms with Gasteiger partial charge >= 0.3 is 17.9 Å². The Morgan fingerprint density at radius 3 is 0.678 bits per heavy atom. The second-order valence-electron chi connectivity index (χ2n) is 18.2. The molecule has 0 saturated carbocycles. The standard InChI is InChI=1S/C53H102O6/c1-4-7-10-13-16-19-21-22-23-24-25-26-27-28-29-30-32-34-37-40-43-46-52(55)58-49-50(48-57-51(54)45-42-39-36-33-18-15-12-9-6-3)59-53(56)47-44-41-38-35-31-20-17-14-11-8-5-2/h50H,4-49H2,1-3H3. The summed E-state index contributed by atoms with van der Waals surface area (Å²) in [4.78, 5) is 37.8. The predicted octanol–water partition coefficient (Wildman–Crippen LogP) is 17.2. The van der Waals surface area contributed by atoms with Crippen LogP contribution in [0.3, 0.4) is 0 Å². The van der Waals surface area contributed by atoms with Crippen LogP contribution in [0.1, 0.15) is 303 Å². The minimum atomic E-state index is -0.758. The Hall–Kier alpha value is -1.59. The van der Waals surface area contributed by atoms with E-state index >= 15 is 0 Å². The van der Waals surface area contributed by atoms with Gasteiger partial charge in [-0.1, -0.05) is 265 Å². The number of carbonyl (C=O) groups is 3. The summed E-state index contributed by atoms with van der Waals surface area (Å²) >= 11 is 0. The zero-order valence-electron chi connectivity index (χ0n) is 40.1. The second-order valence-corrected chi connectivity index (χ2v) is 18.2.